The second kappa shape index (κ2) is 10.4. The molecular weight excluding hydrogens is 497 g/mol. The van der Waals surface area contributed by atoms with Crippen LogP contribution in [0.1, 0.15) is 33.2 Å². The van der Waals surface area contributed by atoms with Crippen LogP contribution in [0.15, 0.2) is 72.8 Å². The molecule has 0 radical (unpaired) electrons. The second-order valence-corrected chi connectivity index (χ2v) is 9.52. The van der Waals surface area contributed by atoms with E-state index in [4.69, 9.17) is 9.47 Å². The molecule has 3 aromatic carbocycles. The number of alkyl halides is 3. The highest BCUT2D eigenvalue weighted by Gasteiger charge is 2.43. The van der Waals surface area contributed by atoms with E-state index in [-0.39, 0.29) is 29.4 Å². The predicted molar refractivity (Wildman–Crippen MR) is 134 cm³/mol. The number of ether oxygens (including phenoxy) is 2. The number of rotatable bonds is 6. The van der Waals surface area contributed by atoms with E-state index in [0.29, 0.717) is 55.4 Å². The quantitative estimate of drug-likeness (QED) is 0.413. The van der Waals surface area contributed by atoms with Gasteiger partial charge in [-0.1, -0.05) is 12.1 Å². The molecule has 2 aliphatic rings. The molecule has 6 nitrogen and oxygen atoms in total. The van der Waals surface area contributed by atoms with Gasteiger partial charge in [-0.25, -0.2) is 0 Å². The van der Waals surface area contributed by atoms with Crippen molar-refractivity contribution in [2.75, 3.05) is 32.8 Å². The Morgan fingerprint density at radius 1 is 0.789 bits per heavy atom. The number of likely N-dealkylation sites (tertiary alicyclic amines) is 2. The van der Waals surface area contributed by atoms with Crippen LogP contribution in [0.3, 0.4) is 0 Å². The number of carbonyl (C=O) groups excluding carboxylic acids is 2. The van der Waals surface area contributed by atoms with E-state index in [1.54, 1.807) is 36.4 Å². The highest BCUT2D eigenvalue weighted by atomic mass is 19.4. The molecule has 0 bridgehead atoms. The predicted octanol–water partition coefficient (Wildman–Crippen LogP) is 5.74. The monoisotopic (exact) mass is 524 g/mol. The molecular formula is C29H27F3N2O4. The SMILES string of the molecule is CCOc1ccccc1C(=O)N1C[C@H]2CN(C(=O)c3ccc(Oc4ccc(C(F)(F)F)cc4)cc3)C[C@H]2C1. The third kappa shape index (κ3) is 5.32. The maximum atomic E-state index is 13.1. The van der Waals surface area contributed by atoms with Crippen LogP contribution in [-0.4, -0.2) is 54.4 Å². The molecule has 0 aromatic heterocycles. The molecule has 2 atom stereocenters. The zero-order valence-electron chi connectivity index (χ0n) is 20.8. The molecule has 0 aliphatic carbocycles. The van der Waals surface area contributed by atoms with Crippen LogP contribution in [0, 0.1) is 11.8 Å². The maximum Gasteiger partial charge on any atom is 0.416 e. The first-order valence-corrected chi connectivity index (χ1v) is 12.5. The van der Waals surface area contributed by atoms with E-state index in [1.165, 1.54) is 12.1 Å². The van der Waals surface area contributed by atoms with E-state index in [0.717, 1.165) is 12.1 Å². The van der Waals surface area contributed by atoms with Crippen molar-refractivity contribution in [1.82, 2.24) is 9.80 Å². The minimum absolute atomic E-state index is 0.0510. The van der Waals surface area contributed by atoms with Gasteiger partial charge in [0.25, 0.3) is 11.8 Å². The van der Waals surface area contributed by atoms with Gasteiger partial charge in [-0.2, -0.15) is 13.2 Å². The Kier molecular flexibility index (Phi) is 7.01. The first kappa shape index (κ1) is 25.6. The van der Waals surface area contributed by atoms with Crippen molar-refractivity contribution >= 4 is 11.8 Å². The number of para-hydroxylation sites is 1. The maximum absolute atomic E-state index is 13.1. The van der Waals surface area contributed by atoms with Crippen molar-refractivity contribution in [3.8, 4) is 17.2 Å². The van der Waals surface area contributed by atoms with E-state index < -0.39 is 11.7 Å². The van der Waals surface area contributed by atoms with Crippen LogP contribution in [0.25, 0.3) is 0 Å². The van der Waals surface area contributed by atoms with Crippen molar-refractivity contribution in [2.45, 2.75) is 13.1 Å². The Morgan fingerprint density at radius 3 is 1.87 bits per heavy atom. The topological polar surface area (TPSA) is 59.1 Å². The fraction of sp³-hybridized carbons (Fsp3) is 0.310. The molecule has 38 heavy (non-hydrogen) atoms. The van der Waals surface area contributed by atoms with Gasteiger partial charge in [-0.15, -0.1) is 0 Å². The summed E-state index contributed by atoms with van der Waals surface area (Å²) in [6, 6.07) is 18.2. The zero-order valence-corrected chi connectivity index (χ0v) is 20.8. The Balaban J connectivity index is 1.17. The third-order valence-electron chi connectivity index (χ3n) is 7.00. The minimum atomic E-state index is -4.41. The number of amides is 2. The largest absolute Gasteiger partial charge is 0.493 e. The van der Waals surface area contributed by atoms with Crippen LogP contribution in [-0.2, 0) is 6.18 Å². The number of hydrogen-bond acceptors (Lipinski definition) is 4. The van der Waals surface area contributed by atoms with Gasteiger partial charge in [-0.3, -0.25) is 9.59 Å². The number of hydrogen-bond donors (Lipinski definition) is 0. The normalized spacial score (nSPS) is 18.8. The van der Waals surface area contributed by atoms with Gasteiger partial charge >= 0.3 is 6.18 Å². The lowest BCUT2D eigenvalue weighted by molar-refractivity contribution is -0.137. The molecule has 2 saturated heterocycles. The highest BCUT2D eigenvalue weighted by molar-refractivity contribution is 5.97. The van der Waals surface area contributed by atoms with Gasteiger partial charge in [-0.05, 0) is 67.6 Å². The molecule has 0 unspecified atom stereocenters. The molecule has 5 rings (SSSR count). The average molecular weight is 525 g/mol. The zero-order chi connectivity index (χ0) is 26.9. The molecule has 3 aromatic rings. The first-order valence-electron chi connectivity index (χ1n) is 12.5. The molecule has 2 aliphatic heterocycles. The highest BCUT2D eigenvalue weighted by Crippen LogP contribution is 2.34. The van der Waals surface area contributed by atoms with Crippen molar-refractivity contribution in [2.24, 2.45) is 11.8 Å². The minimum Gasteiger partial charge on any atom is -0.493 e. The summed E-state index contributed by atoms with van der Waals surface area (Å²) in [5.41, 5.74) is 0.313. The second-order valence-electron chi connectivity index (χ2n) is 9.52. The summed E-state index contributed by atoms with van der Waals surface area (Å²) in [6.45, 7) is 4.69. The number of benzene rings is 3. The summed E-state index contributed by atoms with van der Waals surface area (Å²) in [7, 11) is 0. The number of fused-ring (bicyclic) bond motifs is 1. The lowest BCUT2D eigenvalue weighted by Gasteiger charge is -2.23. The molecule has 0 N–H and O–H groups in total. The van der Waals surface area contributed by atoms with Gasteiger partial charge in [0.05, 0.1) is 17.7 Å². The first-order chi connectivity index (χ1) is 18.2. The molecule has 2 heterocycles. The fourth-order valence-electron chi connectivity index (χ4n) is 5.12. The Bertz CT molecular complexity index is 1290. The van der Waals surface area contributed by atoms with Crippen LogP contribution < -0.4 is 9.47 Å². The van der Waals surface area contributed by atoms with Gasteiger partial charge in [0.1, 0.15) is 17.2 Å². The standard InChI is InChI=1S/C29H27F3N2O4/c1-2-37-26-6-4-3-5-25(26)28(36)34-17-20-15-33(16-21(20)18-34)27(35)19-7-11-23(12-8-19)38-24-13-9-22(10-14-24)29(30,31)32/h3-14,20-21H,2,15-18H2,1H3/t20-,21+. The fourth-order valence-corrected chi connectivity index (χ4v) is 5.12. The van der Waals surface area contributed by atoms with Crippen molar-refractivity contribution in [3.63, 3.8) is 0 Å². The number of nitrogens with zero attached hydrogens (tertiary/aromatic N) is 2. The molecule has 2 amide bonds. The lowest BCUT2D eigenvalue weighted by atomic mass is 10.0. The number of halogens is 3. The summed E-state index contributed by atoms with van der Waals surface area (Å²) in [5.74, 6) is 1.55. The molecule has 2 fully saturated rings. The van der Waals surface area contributed by atoms with Crippen molar-refractivity contribution in [3.05, 3.63) is 89.5 Å². The van der Waals surface area contributed by atoms with Gasteiger partial charge in [0.2, 0.25) is 0 Å². The summed E-state index contributed by atoms with van der Waals surface area (Å²) in [5, 5.41) is 0. The molecule has 0 spiro atoms. The molecule has 0 saturated carbocycles. The van der Waals surface area contributed by atoms with Gasteiger partial charge in [0.15, 0.2) is 0 Å². The Hall–Kier alpha value is -4.01. The Labute approximate surface area is 218 Å². The van der Waals surface area contributed by atoms with Crippen molar-refractivity contribution in [1.29, 1.82) is 0 Å². The third-order valence-corrected chi connectivity index (χ3v) is 7.00. The van der Waals surface area contributed by atoms with E-state index in [1.807, 2.05) is 28.9 Å². The van der Waals surface area contributed by atoms with Gasteiger partial charge in [0, 0.05) is 43.6 Å². The van der Waals surface area contributed by atoms with Crippen LogP contribution in [0.2, 0.25) is 0 Å². The van der Waals surface area contributed by atoms with Crippen molar-refractivity contribution < 1.29 is 32.2 Å². The van der Waals surface area contributed by atoms with E-state index in [9.17, 15) is 22.8 Å². The molecule has 9 heteroatoms. The van der Waals surface area contributed by atoms with Crippen LogP contribution >= 0.6 is 0 Å². The summed E-state index contributed by atoms with van der Waals surface area (Å²) < 4.78 is 49.4. The number of carbonyl (C=O) groups is 2. The summed E-state index contributed by atoms with van der Waals surface area (Å²) >= 11 is 0. The van der Waals surface area contributed by atoms with E-state index in [2.05, 4.69) is 0 Å². The average Bonchev–Trinajstić information content (AvgIpc) is 3.49. The smallest absolute Gasteiger partial charge is 0.416 e. The summed E-state index contributed by atoms with van der Waals surface area (Å²) in [4.78, 5) is 29.9. The van der Waals surface area contributed by atoms with Crippen LogP contribution in [0.5, 0.6) is 17.2 Å². The van der Waals surface area contributed by atoms with E-state index >= 15 is 0 Å². The molecule has 198 valence electrons. The van der Waals surface area contributed by atoms with Crippen LogP contribution in [0.4, 0.5) is 13.2 Å². The summed E-state index contributed by atoms with van der Waals surface area (Å²) in [6.07, 6.45) is -4.41. The Morgan fingerprint density at radius 2 is 1.32 bits per heavy atom. The lowest BCUT2D eigenvalue weighted by Crippen LogP contribution is -2.35. The van der Waals surface area contributed by atoms with Gasteiger partial charge < -0.3 is 19.3 Å².